The van der Waals surface area contributed by atoms with Gasteiger partial charge in [0, 0.05) is 18.8 Å². The number of carbonyl (C=O) groups is 2. The van der Waals surface area contributed by atoms with Gasteiger partial charge >= 0.3 is 0 Å². The summed E-state index contributed by atoms with van der Waals surface area (Å²) in [6.45, 7) is 1.66. The Morgan fingerprint density at radius 3 is 2.60 bits per heavy atom. The van der Waals surface area contributed by atoms with Gasteiger partial charge in [-0.25, -0.2) is 0 Å². The van der Waals surface area contributed by atoms with Crippen molar-refractivity contribution < 1.29 is 14.5 Å². The third-order valence-electron chi connectivity index (χ3n) is 3.20. The molecular formula is C12H12ClN3O4. The molecule has 1 N–H and O–H groups in total. The van der Waals surface area contributed by atoms with E-state index in [4.69, 9.17) is 11.6 Å². The fourth-order valence-corrected chi connectivity index (χ4v) is 2.25. The minimum atomic E-state index is -0.663. The number of aryl methyl sites for hydroxylation is 1. The molecule has 2 amide bonds. The molecule has 1 atom stereocenters. The molecule has 1 aromatic carbocycles. The average Bonchev–Trinajstić information content (AvgIpc) is 2.61. The Morgan fingerprint density at radius 2 is 2.10 bits per heavy atom. The lowest BCUT2D eigenvalue weighted by Crippen LogP contribution is -2.32. The Morgan fingerprint density at radius 1 is 1.45 bits per heavy atom. The standard InChI is InChI=1S/C12H12ClN3O4/c1-6-3-10(16(19)20)7(13)4-8(6)14-9-5-11(17)15(2)12(9)18/h3-4,9,14H,5H2,1-2H3. The number of amides is 2. The number of hydrogen-bond donors (Lipinski definition) is 1. The molecule has 1 fully saturated rings. The maximum atomic E-state index is 11.8. The highest BCUT2D eigenvalue weighted by atomic mass is 35.5. The fraction of sp³-hybridized carbons (Fsp3) is 0.333. The van der Waals surface area contributed by atoms with Gasteiger partial charge in [-0.15, -0.1) is 0 Å². The van der Waals surface area contributed by atoms with Crippen LogP contribution in [0.4, 0.5) is 11.4 Å². The predicted octanol–water partition coefficient (Wildman–Crippen LogP) is 1.73. The summed E-state index contributed by atoms with van der Waals surface area (Å²) < 4.78 is 0. The Labute approximate surface area is 119 Å². The van der Waals surface area contributed by atoms with E-state index in [1.807, 2.05) is 0 Å². The van der Waals surface area contributed by atoms with E-state index < -0.39 is 11.0 Å². The number of nitrogens with one attached hydrogen (secondary N) is 1. The van der Waals surface area contributed by atoms with E-state index in [1.165, 1.54) is 19.2 Å². The minimum absolute atomic E-state index is 0.0202. The highest BCUT2D eigenvalue weighted by Gasteiger charge is 2.36. The molecule has 1 saturated heterocycles. The molecule has 1 aliphatic rings. The van der Waals surface area contributed by atoms with E-state index >= 15 is 0 Å². The zero-order valence-corrected chi connectivity index (χ0v) is 11.6. The van der Waals surface area contributed by atoms with Crippen molar-refractivity contribution in [2.45, 2.75) is 19.4 Å². The molecule has 2 rings (SSSR count). The third-order valence-corrected chi connectivity index (χ3v) is 3.50. The molecule has 7 nitrogen and oxygen atoms in total. The molecule has 0 aromatic heterocycles. The van der Waals surface area contributed by atoms with Crippen LogP contribution < -0.4 is 5.32 Å². The molecule has 0 saturated carbocycles. The highest BCUT2D eigenvalue weighted by molar-refractivity contribution is 6.33. The Bertz CT molecular complexity index is 617. The molecule has 106 valence electrons. The van der Waals surface area contributed by atoms with Gasteiger partial charge in [0.05, 0.1) is 11.3 Å². The first-order valence-electron chi connectivity index (χ1n) is 5.82. The van der Waals surface area contributed by atoms with E-state index in [2.05, 4.69) is 5.32 Å². The van der Waals surface area contributed by atoms with Gasteiger partial charge in [0.25, 0.3) is 11.6 Å². The van der Waals surface area contributed by atoms with Crippen LogP contribution in [0.3, 0.4) is 0 Å². The zero-order valence-electron chi connectivity index (χ0n) is 10.8. The van der Waals surface area contributed by atoms with Gasteiger partial charge in [-0.2, -0.15) is 0 Å². The lowest BCUT2D eigenvalue weighted by atomic mass is 10.1. The van der Waals surface area contributed by atoms with Crippen molar-refractivity contribution in [3.05, 3.63) is 32.8 Å². The third kappa shape index (κ3) is 2.44. The SMILES string of the molecule is Cc1cc([N+](=O)[O-])c(Cl)cc1NC1CC(=O)N(C)C1=O. The van der Waals surface area contributed by atoms with Crippen molar-refractivity contribution in [2.75, 3.05) is 12.4 Å². The first kappa shape index (κ1) is 14.3. The van der Waals surface area contributed by atoms with Crippen LogP contribution in [0, 0.1) is 17.0 Å². The number of halogens is 1. The number of hydrogen-bond acceptors (Lipinski definition) is 5. The molecule has 0 aliphatic carbocycles. The summed E-state index contributed by atoms with van der Waals surface area (Å²) >= 11 is 5.83. The second-order valence-electron chi connectivity index (χ2n) is 4.57. The second kappa shape index (κ2) is 5.09. The van der Waals surface area contributed by atoms with Crippen molar-refractivity contribution in [3.63, 3.8) is 0 Å². The Hall–Kier alpha value is -2.15. The van der Waals surface area contributed by atoms with Crippen LogP contribution in [0.25, 0.3) is 0 Å². The number of nitrogens with zero attached hydrogens (tertiary/aromatic N) is 2. The van der Waals surface area contributed by atoms with Gasteiger partial charge in [-0.05, 0) is 18.6 Å². The summed E-state index contributed by atoms with van der Waals surface area (Å²) in [5, 5.41) is 13.7. The first-order chi connectivity index (χ1) is 9.31. The number of likely N-dealkylation sites (N-methyl/N-ethyl adjacent to an activating group) is 1. The van der Waals surface area contributed by atoms with E-state index in [9.17, 15) is 19.7 Å². The van der Waals surface area contributed by atoms with E-state index in [0.29, 0.717) is 11.3 Å². The van der Waals surface area contributed by atoms with Gasteiger partial charge in [0.1, 0.15) is 11.1 Å². The normalized spacial score (nSPS) is 18.6. The molecule has 1 unspecified atom stereocenters. The monoisotopic (exact) mass is 297 g/mol. The molecule has 1 heterocycles. The molecule has 0 radical (unpaired) electrons. The molecule has 1 aromatic rings. The lowest BCUT2D eigenvalue weighted by molar-refractivity contribution is -0.384. The molecule has 0 bridgehead atoms. The Kier molecular flexibility index (Phi) is 3.63. The second-order valence-corrected chi connectivity index (χ2v) is 4.97. The van der Waals surface area contributed by atoms with Crippen LogP contribution in [0.5, 0.6) is 0 Å². The largest absolute Gasteiger partial charge is 0.373 e. The number of nitro groups is 1. The lowest BCUT2D eigenvalue weighted by Gasteiger charge is -2.14. The maximum absolute atomic E-state index is 11.8. The average molecular weight is 298 g/mol. The van der Waals surface area contributed by atoms with Crippen molar-refractivity contribution >= 4 is 34.8 Å². The topological polar surface area (TPSA) is 92.6 Å². The van der Waals surface area contributed by atoms with Gasteiger partial charge < -0.3 is 5.32 Å². The van der Waals surface area contributed by atoms with E-state index in [-0.39, 0.29) is 28.9 Å². The summed E-state index contributed by atoms with van der Waals surface area (Å²) in [7, 11) is 1.42. The van der Waals surface area contributed by atoms with Crippen LogP contribution in [-0.4, -0.2) is 34.7 Å². The zero-order chi connectivity index (χ0) is 15.0. The molecular weight excluding hydrogens is 286 g/mol. The number of benzene rings is 1. The smallest absolute Gasteiger partial charge is 0.288 e. The first-order valence-corrected chi connectivity index (χ1v) is 6.20. The summed E-state index contributed by atoms with van der Waals surface area (Å²) in [6, 6.07) is 2.06. The molecule has 8 heteroatoms. The van der Waals surface area contributed by atoms with Crippen molar-refractivity contribution in [3.8, 4) is 0 Å². The van der Waals surface area contributed by atoms with Crippen molar-refractivity contribution in [1.82, 2.24) is 4.90 Å². The van der Waals surface area contributed by atoms with Crippen LogP contribution in [-0.2, 0) is 9.59 Å². The molecule has 0 spiro atoms. The van der Waals surface area contributed by atoms with Gasteiger partial charge in [0.15, 0.2) is 0 Å². The summed E-state index contributed by atoms with van der Waals surface area (Å²) in [5.74, 6) is -0.595. The van der Waals surface area contributed by atoms with Crippen LogP contribution in [0.1, 0.15) is 12.0 Å². The number of anilines is 1. The van der Waals surface area contributed by atoms with Gasteiger partial charge in [0.2, 0.25) is 5.91 Å². The summed E-state index contributed by atoms with van der Waals surface area (Å²) in [5.41, 5.74) is 0.888. The van der Waals surface area contributed by atoms with Crippen molar-refractivity contribution in [2.24, 2.45) is 0 Å². The number of imide groups is 1. The molecule has 20 heavy (non-hydrogen) atoms. The number of rotatable bonds is 3. The number of likely N-dealkylation sites (tertiary alicyclic amines) is 1. The predicted molar refractivity (Wildman–Crippen MR) is 72.6 cm³/mol. The summed E-state index contributed by atoms with van der Waals surface area (Å²) in [4.78, 5) is 34.5. The fourth-order valence-electron chi connectivity index (χ4n) is 2.02. The Balaban J connectivity index is 2.27. The highest BCUT2D eigenvalue weighted by Crippen LogP contribution is 2.31. The van der Waals surface area contributed by atoms with Crippen LogP contribution in [0.2, 0.25) is 5.02 Å². The quantitative estimate of drug-likeness (QED) is 0.521. The van der Waals surface area contributed by atoms with E-state index in [0.717, 1.165) is 4.90 Å². The maximum Gasteiger partial charge on any atom is 0.288 e. The van der Waals surface area contributed by atoms with Crippen LogP contribution >= 0.6 is 11.6 Å². The number of nitro benzene ring substituents is 1. The van der Waals surface area contributed by atoms with Crippen molar-refractivity contribution in [1.29, 1.82) is 0 Å². The van der Waals surface area contributed by atoms with Crippen LogP contribution in [0.15, 0.2) is 12.1 Å². The number of carbonyl (C=O) groups excluding carboxylic acids is 2. The minimum Gasteiger partial charge on any atom is -0.373 e. The van der Waals surface area contributed by atoms with Gasteiger partial charge in [-0.1, -0.05) is 11.6 Å². The van der Waals surface area contributed by atoms with E-state index in [1.54, 1.807) is 6.92 Å². The summed E-state index contributed by atoms with van der Waals surface area (Å²) in [6.07, 6.45) is 0.0589. The molecule has 1 aliphatic heterocycles. The van der Waals surface area contributed by atoms with Gasteiger partial charge in [-0.3, -0.25) is 24.6 Å².